The second-order valence-corrected chi connectivity index (χ2v) is 4.48. The number of ether oxygens (including phenoxy) is 2. The summed E-state index contributed by atoms with van der Waals surface area (Å²) in [7, 11) is 1.60. The molecule has 0 heterocycles. The molecule has 0 aliphatic rings. The van der Waals surface area contributed by atoms with Crippen LogP contribution < -0.4 is 0 Å². The lowest BCUT2D eigenvalue weighted by Crippen LogP contribution is -2.12. The molecule has 108 valence electrons. The van der Waals surface area contributed by atoms with E-state index >= 15 is 0 Å². The normalized spacial score (nSPS) is 14.5. The first-order valence-electron chi connectivity index (χ1n) is 6.80. The van der Waals surface area contributed by atoms with Crippen molar-refractivity contribution in [1.82, 2.24) is 0 Å². The number of carbonyl (C=O) groups is 1. The van der Waals surface area contributed by atoms with Crippen LogP contribution in [0.4, 0.5) is 0 Å². The number of allylic oxidation sites excluding steroid dienone is 4. The molecule has 0 aromatic rings. The standard InChI is InChI=1S/C16H26O3/c1-7-10-14(11-8-2)16(18-6)15(12(4)9-3)19-13(5)17/h7,10,12H,1,8-9,11H2,2-6H3/b14-10+,16-15-. The molecule has 0 saturated carbocycles. The Balaban J connectivity index is 5.69. The van der Waals surface area contributed by atoms with Crippen molar-refractivity contribution in [3.8, 4) is 0 Å². The highest BCUT2D eigenvalue weighted by molar-refractivity contribution is 5.67. The molecular weight excluding hydrogens is 240 g/mol. The maximum Gasteiger partial charge on any atom is 0.307 e. The smallest absolute Gasteiger partial charge is 0.307 e. The lowest BCUT2D eigenvalue weighted by molar-refractivity contribution is -0.138. The number of rotatable bonds is 8. The fraction of sp³-hybridized carbons (Fsp3) is 0.562. The Morgan fingerprint density at radius 1 is 1.37 bits per heavy atom. The molecule has 3 nitrogen and oxygen atoms in total. The van der Waals surface area contributed by atoms with Gasteiger partial charge in [-0.2, -0.15) is 0 Å². The van der Waals surface area contributed by atoms with Gasteiger partial charge in [-0.1, -0.05) is 45.9 Å². The Bertz CT molecular complexity index is 364. The van der Waals surface area contributed by atoms with Crippen LogP contribution in [-0.4, -0.2) is 13.1 Å². The summed E-state index contributed by atoms with van der Waals surface area (Å²) in [6.07, 6.45) is 6.36. The molecule has 0 saturated heterocycles. The predicted octanol–water partition coefficient (Wildman–Crippen LogP) is 4.37. The number of hydrogen-bond donors (Lipinski definition) is 0. The van der Waals surface area contributed by atoms with Gasteiger partial charge in [-0.05, 0) is 18.4 Å². The van der Waals surface area contributed by atoms with Crippen molar-refractivity contribution in [2.75, 3.05) is 7.11 Å². The molecule has 0 aromatic carbocycles. The molecule has 0 aromatic heterocycles. The lowest BCUT2D eigenvalue weighted by atomic mass is 10.00. The van der Waals surface area contributed by atoms with Crippen molar-refractivity contribution < 1.29 is 14.3 Å². The van der Waals surface area contributed by atoms with Crippen LogP contribution in [0.5, 0.6) is 0 Å². The van der Waals surface area contributed by atoms with Gasteiger partial charge in [-0.15, -0.1) is 0 Å². The molecule has 0 N–H and O–H groups in total. The Hall–Kier alpha value is -1.51. The molecule has 3 heteroatoms. The van der Waals surface area contributed by atoms with Gasteiger partial charge in [0.15, 0.2) is 11.5 Å². The molecule has 0 aliphatic carbocycles. The monoisotopic (exact) mass is 266 g/mol. The summed E-state index contributed by atoms with van der Waals surface area (Å²) in [5.41, 5.74) is 1.01. The average Bonchev–Trinajstić information content (AvgIpc) is 2.37. The zero-order chi connectivity index (χ0) is 14.8. The first kappa shape index (κ1) is 17.5. The summed E-state index contributed by atoms with van der Waals surface area (Å²) >= 11 is 0. The zero-order valence-corrected chi connectivity index (χ0v) is 12.8. The second kappa shape index (κ2) is 9.42. The minimum absolute atomic E-state index is 0.129. The van der Waals surface area contributed by atoms with E-state index in [9.17, 15) is 4.79 Å². The van der Waals surface area contributed by atoms with E-state index in [0.29, 0.717) is 11.5 Å². The number of esters is 1. The molecule has 0 spiro atoms. The molecule has 0 bridgehead atoms. The van der Waals surface area contributed by atoms with Crippen molar-refractivity contribution in [3.05, 3.63) is 35.8 Å². The molecule has 0 amide bonds. The van der Waals surface area contributed by atoms with Gasteiger partial charge in [-0.3, -0.25) is 4.79 Å². The molecule has 0 aliphatic heterocycles. The van der Waals surface area contributed by atoms with Crippen LogP contribution in [-0.2, 0) is 14.3 Å². The SMILES string of the molecule is C=C/C=C(CCC)/C(OC)=C(/OC(C)=O)C(C)CC. The van der Waals surface area contributed by atoms with Crippen molar-refractivity contribution >= 4 is 5.97 Å². The molecule has 0 radical (unpaired) electrons. The van der Waals surface area contributed by atoms with Gasteiger partial charge in [0.05, 0.1) is 7.11 Å². The van der Waals surface area contributed by atoms with E-state index in [1.807, 2.05) is 13.0 Å². The van der Waals surface area contributed by atoms with Gasteiger partial charge in [-0.25, -0.2) is 0 Å². The Morgan fingerprint density at radius 2 is 2.00 bits per heavy atom. The molecule has 1 unspecified atom stereocenters. The quantitative estimate of drug-likeness (QED) is 0.372. The first-order chi connectivity index (χ1) is 9.01. The van der Waals surface area contributed by atoms with E-state index in [2.05, 4.69) is 20.4 Å². The molecule has 0 fully saturated rings. The van der Waals surface area contributed by atoms with E-state index in [-0.39, 0.29) is 11.9 Å². The van der Waals surface area contributed by atoms with E-state index in [0.717, 1.165) is 24.8 Å². The van der Waals surface area contributed by atoms with Gasteiger partial charge < -0.3 is 9.47 Å². The minimum Gasteiger partial charge on any atom is -0.493 e. The van der Waals surface area contributed by atoms with Crippen LogP contribution in [0.2, 0.25) is 0 Å². The van der Waals surface area contributed by atoms with Gasteiger partial charge in [0, 0.05) is 12.8 Å². The largest absolute Gasteiger partial charge is 0.493 e. The fourth-order valence-electron chi connectivity index (χ4n) is 1.79. The predicted molar refractivity (Wildman–Crippen MR) is 78.4 cm³/mol. The van der Waals surface area contributed by atoms with Crippen LogP contribution in [0, 0.1) is 5.92 Å². The second-order valence-electron chi connectivity index (χ2n) is 4.48. The van der Waals surface area contributed by atoms with Gasteiger partial charge in [0.2, 0.25) is 0 Å². The molecular formula is C16H26O3. The van der Waals surface area contributed by atoms with Gasteiger partial charge in [0.25, 0.3) is 0 Å². The summed E-state index contributed by atoms with van der Waals surface area (Å²) in [5.74, 6) is 1.08. The van der Waals surface area contributed by atoms with Crippen LogP contribution in [0.1, 0.15) is 47.0 Å². The van der Waals surface area contributed by atoms with Crippen molar-refractivity contribution in [2.24, 2.45) is 5.92 Å². The Labute approximate surface area is 117 Å². The number of methoxy groups -OCH3 is 1. The van der Waals surface area contributed by atoms with Crippen LogP contribution >= 0.6 is 0 Å². The lowest BCUT2D eigenvalue weighted by Gasteiger charge is -2.19. The highest BCUT2D eigenvalue weighted by atomic mass is 16.6. The number of hydrogen-bond acceptors (Lipinski definition) is 3. The average molecular weight is 266 g/mol. The van der Waals surface area contributed by atoms with E-state index in [1.54, 1.807) is 13.2 Å². The first-order valence-corrected chi connectivity index (χ1v) is 6.80. The summed E-state index contributed by atoms with van der Waals surface area (Å²) in [5, 5.41) is 0. The molecule has 1 atom stereocenters. The third-order valence-electron chi connectivity index (χ3n) is 2.87. The maximum absolute atomic E-state index is 11.3. The van der Waals surface area contributed by atoms with Crippen molar-refractivity contribution in [3.63, 3.8) is 0 Å². The third-order valence-corrected chi connectivity index (χ3v) is 2.87. The van der Waals surface area contributed by atoms with Gasteiger partial charge in [0.1, 0.15) is 0 Å². The van der Waals surface area contributed by atoms with Crippen LogP contribution in [0.3, 0.4) is 0 Å². The van der Waals surface area contributed by atoms with Crippen molar-refractivity contribution in [2.45, 2.75) is 47.0 Å². The summed E-state index contributed by atoms with van der Waals surface area (Å²) in [4.78, 5) is 11.3. The summed E-state index contributed by atoms with van der Waals surface area (Å²) in [6, 6.07) is 0. The van der Waals surface area contributed by atoms with E-state index in [4.69, 9.17) is 9.47 Å². The van der Waals surface area contributed by atoms with E-state index in [1.165, 1.54) is 6.92 Å². The molecule has 0 rings (SSSR count). The van der Waals surface area contributed by atoms with E-state index < -0.39 is 0 Å². The highest BCUT2D eigenvalue weighted by Gasteiger charge is 2.20. The summed E-state index contributed by atoms with van der Waals surface area (Å²) < 4.78 is 10.9. The van der Waals surface area contributed by atoms with Gasteiger partial charge >= 0.3 is 5.97 Å². The number of carbonyl (C=O) groups excluding carboxylic acids is 1. The Kier molecular flexibility index (Phi) is 8.68. The third kappa shape index (κ3) is 5.77. The fourth-order valence-corrected chi connectivity index (χ4v) is 1.79. The minimum atomic E-state index is -0.320. The van der Waals surface area contributed by atoms with Crippen LogP contribution in [0.25, 0.3) is 0 Å². The molecule has 19 heavy (non-hydrogen) atoms. The zero-order valence-electron chi connectivity index (χ0n) is 12.8. The maximum atomic E-state index is 11.3. The van der Waals surface area contributed by atoms with Crippen molar-refractivity contribution in [1.29, 1.82) is 0 Å². The Morgan fingerprint density at radius 3 is 2.37 bits per heavy atom. The highest BCUT2D eigenvalue weighted by Crippen LogP contribution is 2.27. The topological polar surface area (TPSA) is 35.5 Å². The van der Waals surface area contributed by atoms with Crippen LogP contribution in [0.15, 0.2) is 35.8 Å². The summed E-state index contributed by atoms with van der Waals surface area (Å²) in [6.45, 7) is 11.3.